The molecule has 1 rings (SSSR count). The van der Waals surface area contributed by atoms with E-state index in [2.05, 4.69) is 10.6 Å². The second kappa shape index (κ2) is 8.79. The molecule has 0 fully saturated rings. The number of aliphatic hydroxyl groups is 1. The molecule has 20 heavy (non-hydrogen) atoms. The van der Waals surface area contributed by atoms with Crippen molar-refractivity contribution >= 4 is 17.5 Å². The van der Waals surface area contributed by atoms with Crippen molar-refractivity contribution in [2.24, 2.45) is 0 Å². The number of ether oxygens (including phenoxy) is 1. The number of aliphatic hydroxyl groups excluding tert-OH is 1. The van der Waals surface area contributed by atoms with E-state index in [1.54, 1.807) is 18.2 Å². The maximum Gasteiger partial charge on any atom is 0.251 e. The first-order chi connectivity index (χ1) is 9.58. The first-order valence-corrected chi connectivity index (χ1v) is 7.05. The van der Waals surface area contributed by atoms with Gasteiger partial charge in [0.2, 0.25) is 0 Å². The maximum atomic E-state index is 11.6. The Balaban J connectivity index is 2.57. The Kier molecular flexibility index (Phi) is 7.36. The van der Waals surface area contributed by atoms with Gasteiger partial charge in [-0.25, -0.2) is 0 Å². The molecule has 1 aromatic rings. The van der Waals surface area contributed by atoms with Crippen LogP contribution < -0.4 is 15.4 Å². The SMILES string of the molecule is CCNC[C@@H](O)COc1ccc(C(=O)NCC)cc1Cl. The fourth-order valence-corrected chi connectivity index (χ4v) is 1.81. The van der Waals surface area contributed by atoms with Crippen molar-refractivity contribution in [1.29, 1.82) is 0 Å². The summed E-state index contributed by atoms with van der Waals surface area (Å²) in [5.41, 5.74) is 0.484. The molecule has 0 spiro atoms. The molecule has 0 aliphatic rings. The van der Waals surface area contributed by atoms with Crippen LogP contribution in [0.3, 0.4) is 0 Å². The predicted molar refractivity (Wildman–Crippen MR) is 79.5 cm³/mol. The molecule has 112 valence electrons. The summed E-state index contributed by atoms with van der Waals surface area (Å²) in [5.74, 6) is 0.281. The summed E-state index contributed by atoms with van der Waals surface area (Å²) in [5, 5.41) is 15.7. The summed E-state index contributed by atoms with van der Waals surface area (Å²) in [7, 11) is 0. The average molecular weight is 301 g/mol. The minimum atomic E-state index is -0.603. The molecule has 0 saturated carbocycles. The Morgan fingerprint density at radius 3 is 2.75 bits per heavy atom. The summed E-state index contributed by atoms with van der Waals surface area (Å²) in [6.45, 7) is 5.77. The summed E-state index contributed by atoms with van der Waals surface area (Å²) in [6, 6.07) is 4.83. The molecular formula is C14H21ClN2O3. The van der Waals surface area contributed by atoms with Crippen molar-refractivity contribution < 1.29 is 14.6 Å². The molecule has 0 bridgehead atoms. The van der Waals surface area contributed by atoms with Crippen LogP contribution in [0.4, 0.5) is 0 Å². The Bertz CT molecular complexity index is 440. The third-order valence-electron chi connectivity index (χ3n) is 2.59. The highest BCUT2D eigenvalue weighted by atomic mass is 35.5. The van der Waals surface area contributed by atoms with E-state index in [9.17, 15) is 9.90 Å². The van der Waals surface area contributed by atoms with Crippen LogP contribution in [0.5, 0.6) is 5.75 Å². The normalized spacial score (nSPS) is 12.0. The van der Waals surface area contributed by atoms with Gasteiger partial charge in [0, 0.05) is 18.7 Å². The van der Waals surface area contributed by atoms with Crippen LogP contribution >= 0.6 is 11.6 Å². The number of amides is 1. The topological polar surface area (TPSA) is 70.6 Å². The van der Waals surface area contributed by atoms with Gasteiger partial charge in [-0.05, 0) is 31.7 Å². The van der Waals surface area contributed by atoms with Crippen LogP contribution in [0.1, 0.15) is 24.2 Å². The molecule has 0 aromatic heterocycles. The van der Waals surface area contributed by atoms with Crippen LogP contribution in [-0.4, -0.2) is 43.4 Å². The number of hydrogen-bond acceptors (Lipinski definition) is 4. The van der Waals surface area contributed by atoms with E-state index in [0.717, 1.165) is 6.54 Å². The molecule has 0 heterocycles. The zero-order valence-electron chi connectivity index (χ0n) is 11.8. The number of nitrogens with one attached hydrogen (secondary N) is 2. The van der Waals surface area contributed by atoms with Crippen LogP contribution in [0.15, 0.2) is 18.2 Å². The van der Waals surface area contributed by atoms with Crippen molar-refractivity contribution in [2.45, 2.75) is 20.0 Å². The van der Waals surface area contributed by atoms with E-state index in [-0.39, 0.29) is 12.5 Å². The Hall–Kier alpha value is -1.30. The number of hydrogen-bond donors (Lipinski definition) is 3. The lowest BCUT2D eigenvalue weighted by molar-refractivity contribution is 0.0955. The highest BCUT2D eigenvalue weighted by Gasteiger charge is 2.10. The Morgan fingerprint density at radius 1 is 1.40 bits per heavy atom. The van der Waals surface area contributed by atoms with E-state index < -0.39 is 6.10 Å². The fraction of sp³-hybridized carbons (Fsp3) is 0.500. The van der Waals surface area contributed by atoms with Gasteiger partial charge in [0.25, 0.3) is 5.91 Å². The molecule has 1 amide bonds. The van der Waals surface area contributed by atoms with Gasteiger partial charge in [-0.15, -0.1) is 0 Å². The van der Waals surface area contributed by atoms with Crippen LogP contribution in [0.2, 0.25) is 5.02 Å². The number of halogens is 1. The molecule has 5 nitrogen and oxygen atoms in total. The van der Waals surface area contributed by atoms with Gasteiger partial charge in [0.15, 0.2) is 0 Å². The lowest BCUT2D eigenvalue weighted by Crippen LogP contribution is -2.31. The summed E-state index contributed by atoms with van der Waals surface area (Å²) < 4.78 is 5.44. The van der Waals surface area contributed by atoms with Crippen LogP contribution in [0, 0.1) is 0 Å². The van der Waals surface area contributed by atoms with Crippen molar-refractivity contribution in [3.05, 3.63) is 28.8 Å². The van der Waals surface area contributed by atoms with E-state index in [1.165, 1.54) is 0 Å². The smallest absolute Gasteiger partial charge is 0.251 e. The number of rotatable bonds is 8. The lowest BCUT2D eigenvalue weighted by Gasteiger charge is -2.14. The Labute approximate surface area is 124 Å². The standard InChI is InChI=1S/C14H21ClN2O3/c1-3-16-8-11(18)9-20-13-6-5-10(7-12(13)15)14(19)17-4-2/h5-7,11,16,18H,3-4,8-9H2,1-2H3,(H,17,19)/t11-/m1/s1. The second-order valence-corrected chi connectivity index (χ2v) is 4.68. The van der Waals surface area contributed by atoms with Gasteiger partial charge in [0.05, 0.1) is 5.02 Å². The van der Waals surface area contributed by atoms with Crippen molar-refractivity contribution in [3.8, 4) is 5.75 Å². The predicted octanol–water partition coefficient (Wildman–Crippen LogP) is 1.44. The maximum absolute atomic E-state index is 11.6. The highest BCUT2D eigenvalue weighted by Crippen LogP contribution is 2.25. The molecule has 3 N–H and O–H groups in total. The second-order valence-electron chi connectivity index (χ2n) is 4.28. The number of carbonyl (C=O) groups excluding carboxylic acids is 1. The molecule has 0 radical (unpaired) electrons. The number of benzene rings is 1. The highest BCUT2D eigenvalue weighted by molar-refractivity contribution is 6.32. The number of likely N-dealkylation sites (N-methyl/N-ethyl adjacent to an activating group) is 1. The van der Waals surface area contributed by atoms with E-state index in [1.807, 2.05) is 13.8 Å². The van der Waals surface area contributed by atoms with E-state index >= 15 is 0 Å². The minimum Gasteiger partial charge on any atom is -0.489 e. The molecule has 6 heteroatoms. The molecule has 0 saturated heterocycles. The van der Waals surface area contributed by atoms with Crippen molar-refractivity contribution in [2.75, 3.05) is 26.2 Å². The largest absolute Gasteiger partial charge is 0.489 e. The molecule has 1 aromatic carbocycles. The van der Waals surface area contributed by atoms with E-state index in [0.29, 0.717) is 29.4 Å². The average Bonchev–Trinajstić information content (AvgIpc) is 2.43. The van der Waals surface area contributed by atoms with Crippen molar-refractivity contribution in [1.82, 2.24) is 10.6 Å². The molecular weight excluding hydrogens is 280 g/mol. The minimum absolute atomic E-state index is 0.146. The van der Waals surface area contributed by atoms with Crippen molar-refractivity contribution in [3.63, 3.8) is 0 Å². The first-order valence-electron chi connectivity index (χ1n) is 6.67. The molecule has 0 aliphatic heterocycles. The monoisotopic (exact) mass is 300 g/mol. The zero-order valence-corrected chi connectivity index (χ0v) is 12.5. The van der Waals surface area contributed by atoms with Gasteiger partial charge in [0.1, 0.15) is 18.5 Å². The van der Waals surface area contributed by atoms with E-state index in [4.69, 9.17) is 16.3 Å². The Morgan fingerprint density at radius 2 is 2.15 bits per heavy atom. The van der Waals surface area contributed by atoms with Gasteiger partial charge in [-0.1, -0.05) is 18.5 Å². The van der Waals surface area contributed by atoms with Gasteiger partial charge < -0.3 is 20.5 Å². The summed E-state index contributed by atoms with van der Waals surface area (Å²) in [4.78, 5) is 11.6. The first kappa shape index (κ1) is 16.8. The summed E-state index contributed by atoms with van der Waals surface area (Å²) >= 11 is 6.06. The lowest BCUT2D eigenvalue weighted by atomic mass is 10.2. The van der Waals surface area contributed by atoms with Crippen LogP contribution in [-0.2, 0) is 0 Å². The molecule has 1 atom stereocenters. The quantitative estimate of drug-likeness (QED) is 0.679. The third-order valence-corrected chi connectivity index (χ3v) is 2.89. The van der Waals surface area contributed by atoms with Gasteiger partial charge >= 0.3 is 0 Å². The molecule has 0 aliphatic carbocycles. The summed E-state index contributed by atoms with van der Waals surface area (Å²) in [6.07, 6.45) is -0.603. The van der Waals surface area contributed by atoms with Gasteiger partial charge in [-0.3, -0.25) is 4.79 Å². The fourth-order valence-electron chi connectivity index (χ4n) is 1.58. The molecule has 0 unspecified atom stereocenters. The van der Waals surface area contributed by atoms with Gasteiger partial charge in [-0.2, -0.15) is 0 Å². The third kappa shape index (κ3) is 5.36. The zero-order chi connectivity index (χ0) is 15.0. The van der Waals surface area contributed by atoms with Crippen LogP contribution in [0.25, 0.3) is 0 Å². The number of carbonyl (C=O) groups is 1.